The fourth-order valence-corrected chi connectivity index (χ4v) is 2.94. The molecule has 2 N–H and O–H groups in total. The molecule has 2 aromatic carbocycles. The van der Waals surface area contributed by atoms with Crippen LogP contribution in [0.5, 0.6) is 0 Å². The van der Waals surface area contributed by atoms with Gasteiger partial charge in [-0.1, -0.05) is 11.8 Å². The van der Waals surface area contributed by atoms with E-state index in [1.54, 1.807) is 24.3 Å². The summed E-state index contributed by atoms with van der Waals surface area (Å²) in [4.78, 5) is 34.9. The summed E-state index contributed by atoms with van der Waals surface area (Å²) in [6, 6.07) is 11.0. The van der Waals surface area contributed by atoms with Gasteiger partial charge in [-0.05, 0) is 48.0 Å². The normalized spacial score (nSPS) is 10.2. The van der Waals surface area contributed by atoms with Gasteiger partial charge in [-0.15, -0.1) is 0 Å². The standard InChI is InChI=1S/C17H14O6S/c1-23-17(22)11-4-7-14(12(8-11)9-15(18)19)24-13-5-2-10(3-6-13)16(20)21/h2-8H,9H2,1H3,(H,18,19)(H,20,21). The maximum atomic E-state index is 11.6. The Morgan fingerprint density at radius 3 is 2.17 bits per heavy atom. The summed E-state index contributed by atoms with van der Waals surface area (Å²) in [5.74, 6) is -2.57. The van der Waals surface area contributed by atoms with E-state index >= 15 is 0 Å². The molecular formula is C17H14O6S. The van der Waals surface area contributed by atoms with E-state index in [-0.39, 0.29) is 17.5 Å². The number of carboxylic acids is 2. The molecule has 0 radical (unpaired) electrons. The Kier molecular flexibility index (Phi) is 5.59. The van der Waals surface area contributed by atoms with Crippen molar-refractivity contribution in [1.82, 2.24) is 0 Å². The topological polar surface area (TPSA) is 101 Å². The smallest absolute Gasteiger partial charge is 0.337 e. The van der Waals surface area contributed by atoms with Gasteiger partial charge in [0.2, 0.25) is 0 Å². The van der Waals surface area contributed by atoms with Crippen molar-refractivity contribution >= 4 is 29.7 Å². The summed E-state index contributed by atoms with van der Waals surface area (Å²) in [5, 5.41) is 17.9. The Hall–Kier alpha value is -2.80. The molecule has 0 saturated heterocycles. The largest absolute Gasteiger partial charge is 0.481 e. The monoisotopic (exact) mass is 346 g/mol. The highest BCUT2D eigenvalue weighted by Gasteiger charge is 2.13. The van der Waals surface area contributed by atoms with Crippen LogP contribution in [-0.2, 0) is 16.0 Å². The third-order valence-electron chi connectivity index (χ3n) is 3.15. The van der Waals surface area contributed by atoms with E-state index in [4.69, 9.17) is 10.2 Å². The predicted molar refractivity (Wildman–Crippen MR) is 86.6 cm³/mol. The lowest BCUT2D eigenvalue weighted by molar-refractivity contribution is -0.136. The van der Waals surface area contributed by atoms with Crippen LogP contribution in [0.25, 0.3) is 0 Å². The third-order valence-corrected chi connectivity index (χ3v) is 4.28. The number of aromatic carboxylic acids is 1. The van der Waals surface area contributed by atoms with Gasteiger partial charge < -0.3 is 14.9 Å². The first-order valence-corrected chi connectivity index (χ1v) is 7.66. The molecule has 0 saturated carbocycles. The maximum absolute atomic E-state index is 11.6. The molecule has 0 atom stereocenters. The number of rotatable bonds is 6. The van der Waals surface area contributed by atoms with Crippen LogP contribution < -0.4 is 0 Å². The van der Waals surface area contributed by atoms with E-state index in [0.29, 0.717) is 10.5 Å². The highest BCUT2D eigenvalue weighted by Crippen LogP contribution is 2.32. The summed E-state index contributed by atoms with van der Waals surface area (Å²) in [6.07, 6.45) is -0.236. The molecule has 0 heterocycles. The molecule has 0 amide bonds. The van der Waals surface area contributed by atoms with Crippen molar-refractivity contribution in [1.29, 1.82) is 0 Å². The van der Waals surface area contributed by atoms with Gasteiger partial charge in [0, 0.05) is 9.79 Å². The summed E-state index contributed by atoms with van der Waals surface area (Å²) >= 11 is 1.30. The Morgan fingerprint density at radius 1 is 1.00 bits per heavy atom. The van der Waals surface area contributed by atoms with Crippen LogP contribution in [-0.4, -0.2) is 35.2 Å². The lowest BCUT2D eigenvalue weighted by Crippen LogP contribution is -2.06. The molecule has 0 spiro atoms. The SMILES string of the molecule is COC(=O)c1ccc(Sc2ccc(C(=O)O)cc2)c(CC(=O)O)c1. The molecule has 2 aromatic rings. The number of benzene rings is 2. The Labute approximate surface area is 142 Å². The van der Waals surface area contributed by atoms with E-state index in [1.165, 1.54) is 37.1 Å². The van der Waals surface area contributed by atoms with E-state index < -0.39 is 17.9 Å². The van der Waals surface area contributed by atoms with E-state index in [1.807, 2.05) is 0 Å². The molecule has 0 aliphatic heterocycles. The van der Waals surface area contributed by atoms with E-state index in [0.717, 1.165) is 4.90 Å². The average Bonchev–Trinajstić information content (AvgIpc) is 2.55. The zero-order valence-corrected chi connectivity index (χ0v) is 13.5. The van der Waals surface area contributed by atoms with Gasteiger partial charge in [0.05, 0.1) is 24.7 Å². The second-order valence-electron chi connectivity index (χ2n) is 4.82. The minimum Gasteiger partial charge on any atom is -0.481 e. The van der Waals surface area contributed by atoms with Crippen molar-refractivity contribution in [3.05, 3.63) is 59.2 Å². The minimum atomic E-state index is -1.01. The third kappa shape index (κ3) is 4.36. The van der Waals surface area contributed by atoms with Crippen molar-refractivity contribution < 1.29 is 29.3 Å². The van der Waals surface area contributed by atoms with Crippen LogP contribution >= 0.6 is 11.8 Å². The number of hydrogen-bond acceptors (Lipinski definition) is 5. The Morgan fingerprint density at radius 2 is 1.62 bits per heavy atom. The number of carbonyl (C=O) groups excluding carboxylic acids is 1. The van der Waals surface area contributed by atoms with Gasteiger partial charge in [-0.3, -0.25) is 4.79 Å². The van der Waals surface area contributed by atoms with Crippen LogP contribution in [0, 0.1) is 0 Å². The quantitative estimate of drug-likeness (QED) is 0.775. The van der Waals surface area contributed by atoms with E-state index in [2.05, 4.69) is 4.74 Å². The second-order valence-corrected chi connectivity index (χ2v) is 5.93. The van der Waals surface area contributed by atoms with Crippen molar-refractivity contribution in [2.45, 2.75) is 16.2 Å². The molecule has 0 aliphatic carbocycles. The first-order chi connectivity index (χ1) is 11.4. The highest BCUT2D eigenvalue weighted by atomic mass is 32.2. The highest BCUT2D eigenvalue weighted by molar-refractivity contribution is 7.99. The number of carbonyl (C=O) groups is 3. The number of aliphatic carboxylic acids is 1. The number of esters is 1. The average molecular weight is 346 g/mol. The van der Waals surface area contributed by atoms with Crippen molar-refractivity contribution in [3.8, 4) is 0 Å². The van der Waals surface area contributed by atoms with Gasteiger partial charge in [-0.25, -0.2) is 9.59 Å². The Bertz CT molecular complexity index is 782. The van der Waals surface area contributed by atoms with Crippen LogP contribution in [0.2, 0.25) is 0 Å². The zero-order valence-electron chi connectivity index (χ0n) is 12.7. The number of methoxy groups -OCH3 is 1. The minimum absolute atomic E-state index is 0.172. The fraction of sp³-hybridized carbons (Fsp3) is 0.118. The molecule has 124 valence electrons. The first-order valence-electron chi connectivity index (χ1n) is 6.85. The number of ether oxygens (including phenoxy) is 1. The van der Waals surface area contributed by atoms with Crippen LogP contribution in [0.15, 0.2) is 52.3 Å². The van der Waals surface area contributed by atoms with Gasteiger partial charge in [-0.2, -0.15) is 0 Å². The van der Waals surface area contributed by atoms with Crippen LogP contribution in [0.4, 0.5) is 0 Å². The molecule has 24 heavy (non-hydrogen) atoms. The fourth-order valence-electron chi connectivity index (χ4n) is 2.02. The molecule has 7 heteroatoms. The summed E-state index contributed by atoms with van der Waals surface area (Å²) < 4.78 is 4.64. The molecular weight excluding hydrogens is 332 g/mol. The van der Waals surface area contributed by atoms with Crippen molar-refractivity contribution in [3.63, 3.8) is 0 Å². The molecule has 0 aliphatic rings. The molecule has 0 bridgehead atoms. The lowest BCUT2D eigenvalue weighted by atomic mass is 10.1. The van der Waals surface area contributed by atoms with Crippen LogP contribution in [0.1, 0.15) is 26.3 Å². The number of carboxylic acid groups (broad SMARTS) is 2. The molecule has 0 aromatic heterocycles. The number of hydrogen-bond donors (Lipinski definition) is 2. The molecule has 0 fully saturated rings. The summed E-state index contributed by atoms with van der Waals surface area (Å²) in [7, 11) is 1.26. The summed E-state index contributed by atoms with van der Waals surface area (Å²) in [6.45, 7) is 0. The first kappa shape index (κ1) is 17.6. The maximum Gasteiger partial charge on any atom is 0.337 e. The second kappa shape index (κ2) is 7.65. The van der Waals surface area contributed by atoms with Gasteiger partial charge in [0.25, 0.3) is 0 Å². The zero-order chi connectivity index (χ0) is 17.7. The van der Waals surface area contributed by atoms with Crippen LogP contribution in [0.3, 0.4) is 0 Å². The van der Waals surface area contributed by atoms with Gasteiger partial charge in [0.1, 0.15) is 0 Å². The lowest BCUT2D eigenvalue weighted by Gasteiger charge is -2.10. The van der Waals surface area contributed by atoms with Crippen molar-refractivity contribution in [2.75, 3.05) is 7.11 Å². The predicted octanol–water partition coefficient (Wildman–Crippen LogP) is 2.95. The van der Waals surface area contributed by atoms with Gasteiger partial charge in [0.15, 0.2) is 0 Å². The van der Waals surface area contributed by atoms with E-state index in [9.17, 15) is 14.4 Å². The Balaban J connectivity index is 2.32. The molecule has 6 nitrogen and oxygen atoms in total. The summed E-state index contributed by atoms with van der Waals surface area (Å²) in [5.41, 5.74) is 0.934. The van der Waals surface area contributed by atoms with Crippen molar-refractivity contribution in [2.24, 2.45) is 0 Å². The molecule has 2 rings (SSSR count). The molecule has 0 unspecified atom stereocenters. The van der Waals surface area contributed by atoms with Gasteiger partial charge >= 0.3 is 17.9 Å².